The van der Waals surface area contributed by atoms with Crippen LogP contribution in [0.2, 0.25) is 0 Å². The van der Waals surface area contributed by atoms with Gasteiger partial charge in [0.2, 0.25) is 0 Å². The Kier molecular flexibility index (Phi) is 6.06. The highest BCUT2D eigenvalue weighted by molar-refractivity contribution is 5.96. The molecule has 0 atom stereocenters. The van der Waals surface area contributed by atoms with E-state index in [1.807, 2.05) is 32.1 Å². The van der Waals surface area contributed by atoms with Gasteiger partial charge < -0.3 is 0 Å². The van der Waals surface area contributed by atoms with Crippen molar-refractivity contribution in [2.75, 3.05) is 0 Å². The predicted molar refractivity (Wildman–Crippen MR) is 78.3 cm³/mol. The molecule has 0 spiro atoms. The van der Waals surface area contributed by atoms with Crippen molar-refractivity contribution in [3.8, 4) is 0 Å². The zero-order valence-electron chi connectivity index (χ0n) is 11.4. The smallest absolute Gasteiger partial charge is 0.155 e. The molecule has 1 aliphatic carbocycles. The topological polar surface area (TPSA) is 30.0 Å². The second-order valence-electron chi connectivity index (χ2n) is 4.01. The molecule has 2 nitrogen and oxygen atoms in total. The van der Waals surface area contributed by atoms with E-state index in [0.29, 0.717) is 0 Å². The van der Waals surface area contributed by atoms with Crippen LogP contribution in [0.3, 0.4) is 0 Å². The van der Waals surface area contributed by atoms with Gasteiger partial charge in [0.15, 0.2) is 5.78 Å². The summed E-state index contributed by atoms with van der Waals surface area (Å²) in [4.78, 5) is 15.4. The first-order valence-electron chi connectivity index (χ1n) is 6.59. The molecule has 0 bridgehead atoms. The van der Waals surface area contributed by atoms with Crippen LogP contribution in [0, 0.1) is 0 Å². The van der Waals surface area contributed by atoms with E-state index in [-0.39, 0.29) is 7.21 Å². The maximum absolute atomic E-state index is 11.4. The summed E-state index contributed by atoms with van der Waals surface area (Å²) >= 11 is 0. The van der Waals surface area contributed by atoms with Crippen molar-refractivity contribution in [1.82, 2.24) is 4.98 Å². The fourth-order valence-electron chi connectivity index (χ4n) is 1.89. The van der Waals surface area contributed by atoms with Gasteiger partial charge in [-0.1, -0.05) is 19.9 Å². The summed E-state index contributed by atoms with van der Waals surface area (Å²) in [6.45, 7) is 5.64. The third-order valence-electron chi connectivity index (χ3n) is 2.81. The zero-order chi connectivity index (χ0) is 13.4. The maximum atomic E-state index is 11.4. The maximum Gasteiger partial charge on any atom is 0.155 e. The standard InChI is InChI=1S/C14H15NO.C2H6.H2/c1-11(16)13-4-2-3-5-14(10-13)12-6-8-15-9-7-12;1-2;/h5-10H,2-4H2,1H3;1-2H3;1H. The van der Waals surface area contributed by atoms with Gasteiger partial charge in [-0.2, -0.15) is 0 Å². The quantitative estimate of drug-likeness (QED) is 0.771. The van der Waals surface area contributed by atoms with Crippen LogP contribution in [-0.4, -0.2) is 10.8 Å². The van der Waals surface area contributed by atoms with Crippen LogP contribution in [0.5, 0.6) is 0 Å². The van der Waals surface area contributed by atoms with Crippen molar-refractivity contribution in [3.63, 3.8) is 0 Å². The summed E-state index contributed by atoms with van der Waals surface area (Å²) in [7, 11) is 0. The third kappa shape index (κ3) is 3.95. The van der Waals surface area contributed by atoms with Gasteiger partial charge in [0.05, 0.1) is 0 Å². The fraction of sp³-hybridized carbons (Fsp3) is 0.375. The number of carbonyl (C=O) groups is 1. The van der Waals surface area contributed by atoms with Crippen molar-refractivity contribution in [3.05, 3.63) is 47.8 Å². The van der Waals surface area contributed by atoms with Gasteiger partial charge in [-0.3, -0.25) is 9.78 Å². The van der Waals surface area contributed by atoms with Crippen LogP contribution < -0.4 is 0 Å². The van der Waals surface area contributed by atoms with E-state index in [1.165, 1.54) is 0 Å². The normalized spacial score (nSPS) is 14.6. The summed E-state index contributed by atoms with van der Waals surface area (Å²) in [6, 6.07) is 3.96. The molecule has 0 amide bonds. The van der Waals surface area contributed by atoms with Gasteiger partial charge in [-0.15, -0.1) is 0 Å². The van der Waals surface area contributed by atoms with Gasteiger partial charge in [-0.05, 0) is 61.1 Å². The highest BCUT2D eigenvalue weighted by atomic mass is 16.1. The first-order valence-corrected chi connectivity index (χ1v) is 6.59. The average molecular weight is 245 g/mol. The van der Waals surface area contributed by atoms with Crippen LogP contribution in [0.25, 0.3) is 5.57 Å². The van der Waals surface area contributed by atoms with E-state index < -0.39 is 0 Å². The molecule has 2 heteroatoms. The number of nitrogens with zero attached hydrogens (tertiary/aromatic N) is 1. The highest BCUT2D eigenvalue weighted by Crippen LogP contribution is 2.24. The van der Waals surface area contributed by atoms with E-state index in [1.54, 1.807) is 19.3 Å². The molecule has 0 saturated carbocycles. The molecule has 0 aromatic carbocycles. The molecule has 0 unspecified atom stereocenters. The molecule has 18 heavy (non-hydrogen) atoms. The van der Waals surface area contributed by atoms with Crippen LogP contribution in [0.1, 0.15) is 47.0 Å². The molecule has 0 radical (unpaired) electrons. The van der Waals surface area contributed by atoms with E-state index >= 15 is 0 Å². The van der Waals surface area contributed by atoms with Gasteiger partial charge in [0.25, 0.3) is 0 Å². The lowest BCUT2D eigenvalue weighted by Crippen LogP contribution is -1.96. The van der Waals surface area contributed by atoms with Gasteiger partial charge in [0.1, 0.15) is 0 Å². The summed E-state index contributed by atoms with van der Waals surface area (Å²) in [5.74, 6) is 0.182. The lowest BCUT2D eigenvalue weighted by molar-refractivity contribution is -0.113. The summed E-state index contributed by atoms with van der Waals surface area (Å²) in [5, 5.41) is 0. The first-order chi connectivity index (χ1) is 8.77. The zero-order valence-corrected chi connectivity index (χ0v) is 11.4. The lowest BCUT2D eigenvalue weighted by atomic mass is 10.0. The van der Waals surface area contributed by atoms with Crippen molar-refractivity contribution >= 4 is 11.4 Å². The van der Waals surface area contributed by atoms with E-state index in [2.05, 4.69) is 11.1 Å². The molecule has 0 saturated heterocycles. The molecule has 0 aliphatic heterocycles. The largest absolute Gasteiger partial charge is 0.295 e. The van der Waals surface area contributed by atoms with E-state index in [4.69, 9.17) is 0 Å². The Balaban J connectivity index is 0.00000103. The molecule has 1 aromatic heterocycles. The van der Waals surface area contributed by atoms with Crippen molar-refractivity contribution in [1.29, 1.82) is 0 Å². The number of pyridine rings is 1. The number of hydrogen-bond donors (Lipinski definition) is 0. The summed E-state index contributed by atoms with van der Waals surface area (Å²) in [6.07, 6.45) is 10.8. The molecular weight excluding hydrogens is 222 g/mol. The highest BCUT2D eigenvalue weighted by Gasteiger charge is 2.09. The van der Waals surface area contributed by atoms with Crippen molar-refractivity contribution < 1.29 is 6.22 Å². The Morgan fingerprint density at radius 3 is 2.56 bits per heavy atom. The number of rotatable bonds is 2. The van der Waals surface area contributed by atoms with Gasteiger partial charge in [-0.25, -0.2) is 0 Å². The van der Waals surface area contributed by atoms with E-state index in [9.17, 15) is 4.79 Å². The van der Waals surface area contributed by atoms with Crippen LogP contribution >= 0.6 is 0 Å². The lowest BCUT2D eigenvalue weighted by Gasteiger charge is -2.02. The molecular formula is C16H23NO. The summed E-state index contributed by atoms with van der Waals surface area (Å²) < 4.78 is 0. The van der Waals surface area contributed by atoms with Crippen LogP contribution in [0.15, 0.2) is 42.3 Å². The Morgan fingerprint density at radius 1 is 1.28 bits per heavy atom. The fourth-order valence-corrected chi connectivity index (χ4v) is 1.89. The molecule has 0 N–H and O–H groups in total. The Morgan fingerprint density at radius 2 is 1.94 bits per heavy atom. The van der Waals surface area contributed by atoms with Crippen molar-refractivity contribution in [2.24, 2.45) is 0 Å². The first kappa shape index (κ1) is 14.4. The molecule has 2 rings (SSSR count). The number of aromatic nitrogens is 1. The van der Waals surface area contributed by atoms with Crippen LogP contribution in [-0.2, 0) is 4.79 Å². The van der Waals surface area contributed by atoms with E-state index in [0.717, 1.165) is 36.0 Å². The molecule has 98 valence electrons. The molecule has 1 heterocycles. The van der Waals surface area contributed by atoms with Crippen LogP contribution in [0.4, 0.5) is 0 Å². The monoisotopic (exact) mass is 245 g/mol. The minimum absolute atomic E-state index is 0. The molecule has 1 aromatic rings. The Bertz CT molecular complexity index is 449. The predicted octanol–water partition coefficient (Wildman–Crippen LogP) is 4.44. The Labute approximate surface area is 111 Å². The van der Waals surface area contributed by atoms with Gasteiger partial charge >= 0.3 is 0 Å². The average Bonchev–Trinajstić information content (AvgIpc) is 2.68. The SMILES string of the molecule is CC.CC(=O)C1=CC(c2ccncc2)=CCCC1.[HH]. The number of Topliss-reactive ketones (excluding diaryl/α,β-unsaturated/α-hetero) is 1. The second kappa shape index (κ2) is 7.59. The van der Waals surface area contributed by atoms with Gasteiger partial charge in [0, 0.05) is 13.8 Å². The number of ketones is 1. The number of carbonyl (C=O) groups excluding carboxylic acids is 1. The second-order valence-corrected chi connectivity index (χ2v) is 4.01. The van der Waals surface area contributed by atoms with Crippen molar-refractivity contribution in [2.45, 2.75) is 40.0 Å². The minimum atomic E-state index is 0. The number of allylic oxidation sites excluding steroid dienone is 4. The summed E-state index contributed by atoms with van der Waals surface area (Å²) in [5.41, 5.74) is 3.21. The molecule has 0 fully saturated rings. The molecule has 1 aliphatic rings. The third-order valence-corrected chi connectivity index (χ3v) is 2.81. The Hall–Kier alpha value is -1.70. The minimum Gasteiger partial charge on any atom is -0.295 e. The number of hydrogen-bond acceptors (Lipinski definition) is 2.